The Morgan fingerprint density at radius 3 is 2.56 bits per heavy atom. The summed E-state index contributed by atoms with van der Waals surface area (Å²) in [6.07, 6.45) is 2.50. The number of hydrogen-bond acceptors (Lipinski definition) is 2. The van der Waals surface area contributed by atoms with Crippen LogP contribution in [0.25, 0.3) is 0 Å². The molecule has 2 heteroatoms. The van der Waals surface area contributed by atoms with E-state index in [1.54, 1.807) is 0 Å². The Labute approximate surface area is 98.2 Å². The van der Waals surface area contributed by atoms with Gasteiger partial charge in [-0.15, -0.1) is 0 Å². The Bertz CT molecular complexity index is 340. The highest BCUT2D eigenvalue weighted by Crippen LogP contribution is 2.29. The SMILES string of the molecule is Cc1cc(C)cc([C@@H]2NCCC[C@H]2CN)c1. The number of nitrogens with one attached hydrogen (secondary N) is 1. The summed E-state index contributed by atoms with van der Waals surface area (Å²) in [5.41, 5.74) is 9.97. The molecule has 0 aliphatic carbocycles. The standard InChI is InChI=1S/C14H22N2/c1-10-6-11(2)8-13(7-10)14-12(9-15)4-3-5-16-14/h6-8,12,14,16H,3-5,9,15H2,1-2H3/t12-,14+/m0/s1. The van der Waals surface area contributed by atoms with Crippen LogP contribution in [-0.2, 0) is 0 Å². The van der Waals surface area contributed by atoms with E-state index in [1.807, 2.05) is 0 Å². The van der Waals surface area contributed by atoms with Crippen molar-refractivity contribution in [3.63, 3.8) is 0 Å². The van der Waals surface area contributed by atoms with Gasteiger partial charge in [0.1, 0.15) is 0 Å². The zero-order valence-electron chi connectivity index (χ0n) is 10.3. The maximum absolute atomic E-state index is 5.87. The molecule has 2 nitrogen and oxygen atoms in total. The fraction of sp³-hybridized carbons (Fsp3) is 0.571. The van der Waals surface area contributed by atoms with Gasteiger partial charge in [0.2, 0.25) is 0 Å². The summed E-state index contributed by atoms with van der Waals surface area (Å²) >= 11 is 0. The first-order valence-electron chi connectivity index (χ1n) is 6.22. The predicted molar refractivity (Wildman–Crippen MR) is 68.4 cm³/mol. The quantitative estimate of drug-likeness (QED) is 0.799. The van der Waals surface area contributed by atoms with E-state index < -0.39 is 0 Å². The van der Waals surface area contributed by atoms with Gasteiger partial charge in [-0.1, -0.05) is 29.3 Å². The van der Waals surface area contributed by atoms with E-state index >= 15 is 0 Å². The van der Waals surface area contributed by atoms with Crippen LogP contribution in [-0.4, -0.2) is 13.1 Å². The molecule has 0 unspecified atom stereocenters. The van der Waals surface area contributed by atoms with Crippen molar-refractivity contribution >= 4 is 0 Å². The number of aryl methyl sites for hydroxylation is 2. The van der Waals surface area contributed by atoms with E-state index in [-0.39, 0.29) is 0 Å². The van der Waals surface area contributed by atoms with Crippen molar-refractivity contribution in [1.82, 2.24) is 5.32 Å². The molecule has 0 saturated carbocycles. The smallest absolute Gasteiger partial charge is 0.0360 e. The van der Waals surface area contributed by atoms with Gasteiger partial charge in [-0.25, -0.2) is 0 Å². The van der Waals surface area contributed by atoms with Gasteiger partial charge < -0.3 is 11.1 Å². The van der Waals surface area contributed by atoms with Gasteiger partial charge in [0.15, 0.2) is 0 Å². The summed E-state index contributed by atoms with van der Waals surface area (Å²) in [7, 11) is 0. The molecule has 0 spiro atoms. The van der Waals surface area contributed by atoms with Crippen molar-refractivity contribution in [2.24, 2.45) is 11.7 Å². The summed E-state index contributed by atoms with van der Waals surface area (Å²) in [6, 6.07) is 7.26. The van der Waals surface area contributed by atoms with Crippen LogP contribution >= 0.6 is 0 Å². The third kappa shape index (κ3) is 2.45. The Morgan fingerprint density at radius 1 is 1.25 bits per heavy atom. The normalized spacial score (nSPS) is 25.7. The molecule has 1 aliphatic heterocycles. The molecule has 1 aromatic carbocycles. The second-order valence-corrected chi connectivity index (χ2v) is 4.99. The summed E-state index contributed by atoms with van der Waals surface area (Å²) in [5.74, 6) is 0.593. The minimum absolute atomic E-state index is 0.456. The molecule has 1 saturated heterocycles. The Hall–Kier alpha value is -0.860. The second-order valence-electron chi connectivity index (χ2n) is 4.99. The molecule has 2 rings (SSSR count). The van der Waals surface area contributed by atoms with Gasteiger partial charge in [-0.2, -0.15) is 0 Å². The molecule has 3 N–H and O–H groups in total. The minimum atomic E-state index is 0.456. The van der Waals surface area contributed by atoms with Crippen LogP contribution in [0.4, 0.5) is 0 Å². The Kier molecular flexibility index (Phi) is 3.62. The first-order valence-corrected chi connectivity index (χ1v) is 6.22. The molecule has 0 aromatic heterocycles. The zero-order valence-corrected chi connectivity index (χ0v) is 10.3. The van der Waals surface area contributed by atoms with Gasteiger partial charge in [-0.05, 0) is 51.3 Å². The van der Waals surface area contributed by atoms with E-state index in [4.69, 9.17) is 5.73 Å². The Morgan fingerprint density at radius 2 is 1.94 bits per heavy atom. The van der Waals surface area contributed by atoms with Crippen LogP contribution < -0.4 is 11.1 Å². The van der Waals surface area contributed by atoms with Gasteiger partial charge in [-0.3, -0.25) is 0 Å². The molecule has 1 heterocycles. The molecule has 0 bridgehead atoms. The lowest BCUT2D eigenvalue weighted by molar-refractivity contribution is 0.291. The summed E-state index contributed by atoms with van der Waals surface area (Å²) in [5, 5.41) is 3.61. The predicted octanol–water partition coefficient (Wildman–Crippen LogP) is 2.30. The van der Waals surface area contributed by atoms with Crippen molar-refractivity contribution in [2.75, 3.05) is 13.1 Å². The lowest BCUT2D eigenvalue weighted by Gasteiger charge is -2.32. The molecular weight excluding hydrogens is 196 g/mol. The van der Waals surface area contributed by atoms with E-state index in [2.05, 4.69) is 37.4 Å². The molecule has 88 valence electrons. The number of piperidine rings is 1. The molecule has 2 atom stereocenters. The lowest BCUT2D eigenvalue weighted by atomic mass is 9.85. The van der Waals surface area contributed by atoms with Crippen LogP contribution in [0.3, 0.4) is 0 Å². The van der Waals surface area contributed by atoms with Crippen LogP contribution in [0, 0.1) is 19.8 Å². The monoisotopic (exact) mass is 218 g/mol. The van der Waals surface area contributed by atoms with Crippen LogP contribution in [0.2, 0.25) is 0 Å². The fourth-order valence-corrected chi connectivity index (χ4v) is 2.79. The largest absolute Gasteiger partial charge is 0.330 e. The molecule has 1 aliphatic rings. The minimum Gasteiger partial charge on any atom is -0.330 e. The molecule has 0 radical (unpaired) electrons. The van der Waals surface area contributed by atoms with Gasteiger partial charge in [0.05, 0.1) is 0 Å². The number of benzene rings is 1. The highest BCUT2D eigenvalue weighted by atomic mass is 14.9. The van der Waals surface area contributed by atoms with Crippen molar-refractivity contribution in [3.8, 4) is 0 Å². The lowest BCUT2D eigenvalue weighted by Crippen LogP contribution is -2.37. The Balaban J connectivity index is 2.26. The average molecular weight is 218 g/mol. The van der Waals surface area contributed by atoms with Crippen LogP contribution in [0.15, 0.2) is 18.2 Å². The van der Waals surface area contributed by atoms with Crippen molar-refractivity contribution in [1.29, 1.82) is 0 Å². The van der Waals surface area contributed by atoms with Crippen molar-refractivity contribution < 1.29 is 0 Å². The summed E-state index contributed by atoms with van der Waals surface area (Å²) in [6.45, 7) is 6.23. The molecule has 1 aromatic rings. The highest BCUT2D eigenvalue weighted by molar-refractivity contribution is 5.31. The van der Waals surface area contributed by atoms with E-state index in [0.29, 0.717) is 12.0 Å². The van der Waals surface area contributed by atoms with Crippen LogP contribution in [0.1, 0.15) is 35.6 Å². The first-order chi connectivity index (χ1) is 7.70. The number of rotatable bonds is 2. The van der Waals surface area contributed by atoms with E-state index in [0.717, 1.165) is 13.1 Å². The average Bonchev–Trinajstić information content (AvgIpc) is 2.27. The number of nitrogens with two attached hydrogens (primary N) is 1. The van der Waals surface area contributed by atoms with Crippen molar-refractivity contribution in [3.05, 3.63) is 34.9 Å². The van der Waals surface area contributed by atoms with E-state index in [1.165, 1.54) is 29.5 Å². The van der Waals surface area contributed by atoms with Gasteiger partial charge >= 0.3 is 0 Å². The summed E-state index contributed by atoms with van der Waals surface area (Å²) < 4.78 is 0. The highest BCUT2D eigenvalue weighted by Gasteiger charge is 2.24. The topological polar surface area (TPSA) is 38.0 Å². The molecule has 1 fully saturated rings. The van der Waals surface area contributed by atoms with Crippen LogP contribution in [0.5, 0.6) is 0 Å². The van der Waals surface area contributed by atoms with E-state index in [9.17, 15) is 0 Å². The maximum atomic E-state index is 5.87. The zero-order chi connectivity index (χ0) is 11.5. The third-order valence-electron chi connectivity index (χ3n) is 3.49. The van der Waals surface area contributed by atoms with Gasteiger partial charge in [0.25, 0.3) is 0 Å². The molecular formula is C14H22N2. The molecule has 0 amide bonds. The van der Waals surface area contributed by atoms with Gasteiger partial charge in [0, 0.05) is 6.04 Å². The van der Waals surface area contributed by atoms with Crippen molar-refractivity contribution in [2.45, 2.75) is 32.7 Å². The number of hydrogen-bond donors (Lipinski definition) is 2. The maximum Gasteiger partial charge on any atom is 0.0360 e. The third-order valence-corrected chi connectivity index (χ3v) is 3.49. The fourth-order valence-electron chi connectivity index (χ4n) is 2.79. The molecule has 16 heavy (non-hydrogen) atoms. The second kappa shape index (κ2) is 4.98. The first kappa shape index (κ1) is 11.6. The summed E-state index contributed by atoms with van der Waals surface area (Å²) in [4.78, 5) is 0.